The van der Waals surface area contributed by atoms with E-state index in [1.54, 1.807) is 0 Å². The minimum atomic E-state index is -0.368. The van der Waals surface area contributed by atoms with Gasteiger partial charge in [-0.1, -0.05) is 13.3 Å². The molecule has 0 spiro atoms. The zero-order valence-corrected chi connectivity index (χ0v) is 12.8. The van der Waals surface area contributed by atoms with Gasteiger partial charge in [-0.3, -0.25) is 9.59 Å². The molecule has 1 atom stereocenters. The van der Waals surface area contributed by atoms with Gasteiger partial charge in [-0.15, -0.1) is 0 Å². The van der Waals surface area contributed by atoms with Crippen LogP contribution in [0.2, 0.25) is 0 Å². The molecule has 6 nitrogen and oxygen atoms in total. The van der Waals surface area contributed by atoms with Crippen LogP contribution in [0.15, 0.2) is 15.3 Å². The van der Waals surface area contributed by atoms with Crippen molar-refractivity contribution >= 4 is 6.29 Å². The SMILES string of the molecule is CCCCOc1c(C=O)oc(COC2CCCCO2)cc1=O. The molecular weight excluding hydrogens is 288 g/mol. The summed E-state index contributed by atoms with van der Waals surface area (Å²) in [4.78, 5) is 23.1. The average Bonchev–Trinajstić information content (AvgIpc) is 2.55. The molecule has 1 saturated heterocycles. The van der Waals surface area contributed by atoms with Crippen LogP contribution in [0.3, 0.4) is 0 Å². The van der Waals surface area contributed by atoms with Crippen molar-refractivity contribution in [2.24, 2.45) is 0 Å². The van der Waals surface area contributed by atoms with E-state index >= 15 is 0 Å². The van der Waals surface area contributed by atoms with Gasteiger partial charge in [0.2, 0.25) is 16.9 Å². The van der Waals surface area contributed by atoms with Gasteiger partial charge in [0.15, 0.2) is 12.6 Å². The Morgan fingerprint density at radius 1 is 1.41 bits per heavy atom. The van der Waals surface area contributed by atoms with Crippen LogP contribution in [0.25, 0.3) is 0 Å². The van der Waals surface area contributed by atoms with Crippen molar-refractivity contribution < 1.29 is 23.4 Å². The first-order valence-corrected chi connectivity index (χ1v) is 7.72. The molecule has 0 aromatic carbocycles. The first kappa shape index (κ1) is 16.7. The zero-order chi connectivity index (χ0) is 15.8. The van der Waals surface area contributed by atoms with E-state index in [9.17, 15) is 9.59 Å². The summed E-state index contributed by atoms with van der Waals surface area (Å²) in [5, 5.41) is 0. The third-order valence-electron chi connectivity index (χ3n) is 3.38. The van der Waals surface area contributed by atoms with Crippen LogP contribution in [0, 0.1) is 0 Å². The van der Waals surface area contributed by atoms with E-state index in [-0.39, 0.29) is 29.8 Å². The van der Waals surface area contributed by atoms with E-state index in [1.807, 2.05) is 6.92 Å². The van der Waals surface area contributed by atoms with E-state index < -0.39 is 0 Å². The normalized spacial score (nSPS) is 18.1. The number of ether oxygens (including phenoxy) is 3. The summed E-state index contributed by atoms with van der Waals surface area (Å²) in [5.41, 5.74) is -0.368. The van der Waals surface area contributed by atoms with Gasteiger partial charge in [-0.25, -0.2) is 0 Å². The lowest BCUT2D eigenvalue weighted by atomic mass is 10.2. The standard InChI is InChI=1S/C16H22O6/c1-2-3-7-20-16-13(18)9-12(22-14(16)10-17)11-21-15-6-4-5-8-19-15/h9-10,15H,2-8,11H2,1H3. The second-order valence-electron chi connectivity index (χ2n) is 5.20. The van der Waals surface area contributed by atoms with Crippen LogP contribution in [0.5, 0.6) is 5.75 Å². The van der Waals surface area contributed by atoms with Crippen LogP contribution in [-0.2, 0) is 16.1 Å². The van der Waals surface area contributed by atoms with Gasteiger partial charge in [-0.05, 0) is 25.7 Å². The fraction of sp³-hybridized carbons (Fsp3) is 0.625. The number of hydrogen-bond donors (Lipinski definition) is 0. The topological polar surface area (TPSA) is 75.0 Å². The predicted octanol–water partition coefficient (Wildman–Crippen LogP) is 2.67. The van der Waals surface area contributed by atoms with Crippen molar-refractivity contribution in [3.8, 4) is 5.75 Å². The molecule has 1 aromatic rings. The molecule has 1 unspecified atom stereocenters. The van der Waals surface area contributed by atoms with Gasteiger partial charge in [0, 0.05) is 12.7 Å². The van der Waals surface area contributed by atoms with Crippen LogP contribution < -0.4 is 10.2 Å². The maximum absolute atomic E-state index is 12.0. The average molecular weight is 310 g/mol. The highest BCUT2D eigenvalue weighted by Crippen LogP contribution is 2.18. The Bertz CT molecular complexity index is 530. The van der Waals surface area contributed by atoms with Crippen molar-refractivity contribution in [3.63, 3.8) is 0 Å². The van der Waals surface area contributed by atoms with Gasteiger partial charge in [0.25, 0.3) is 0 Å². The second kappa shape index (κ2) is 8.70. The first-order valence-electron chi connectivity index (χ1n) is 7.72. The van der Waals surface area contributed by atoms with Gasteiger partial charge < -0.3 is 18.6 Å². The van der Waals surface area contributed by atoms with E-state index in [4.69, 9.17) is 18.6 Å². The largest absolute Gasteiger partial charge is 0.486 e. The minimum absolute atomic E-state index is 0.0267. The molecule has 0 amide bonds. The number of unbranched alkanes of at least 4 members (excludes halogenated alkanes) is 1. The highest BCUT2D eigenvalue weighted by atomic mass is 16.7. The third-order valence-corrected chi connectivity index (χ3v) is 3.38. The molecule has 2 rings (SSSR count). The molecular formula is C16H22O6. The molecule has 0 aliphatic carbocycles. The highest BCUT2D eigenvalue weighted by molar-refractivity contribution is 5.74. The number of carbonyl (C=O) groups excluding carboxylic acids is 1. The van der Waals surface area contributed by atoms with Gasteiger partial charge in [0.1, 0.15) is 12.4 Å². The lowest BCUT2D eigenvalue weighted by Gasteiger charge is -2.22. The van der Waals surface area contributed by atoms with Crippen LogP contribution in [0.4, 0.5) is 0 Å². The number of hydrogen-bond acceptors (Lipinski definition) is 6. The lowest BCUT2D eigenvalue weighted by Crippen LogP contribution is -2.22. The van der Waals surface area contributed by atoms with Crippen LogP contribution in [-0.4, -0.2) is 25.8 Å². The first-order chi connectivity index (χ1) is 10.7. The summed E-state index contributed by atoms with van der Waals surface area (Å²) in [5.74, 6) is 0.178. The summed E-state index contributed by atoms with van der Waals surface area (Å²) in [6.45, 7) is 3.17. The number of carbonyl (C=O) groups is 1. The molecule has 6 heteroatoms. The predicted molar refractivity (Wildman–Crippen MR) is 79.1 cm³/mol. The van der Waals surface area contributed by atoms with Crippen LogP contribution >= 0.6 is 0 Å². The molecule has 0 N–H and O–H groups in total. The fourth-order valence-electron chi connectivity index (χ4n) is 2.18. The van der Waals surface area contributed by atoms with E-state index in [2.05, 4.69) is 0 Å². The zero-order valence-electron chi connectivity index (χ0n) is 12.8. The molecule has 1 fully saturated rings. The van der Waals surface area contributed by atoms with E-state index in [0.717, 1.165) is 32.1 Å². The molecule has 1 aromatic heterocycles. The molecule has 2 heterocycles. The lowest BCUT2D eigenvalue weighted by molar-refractivity contribution is -0.171. The maximum atomic E-state index is 12.0. The van der Waals surface area contributed by atoms with E-state index in [1.165, 1.54) is 6.07 Å². The molecule has 0 radical (unpaired) electrons. The minimum Gasteiger partial charge on any atom is -0.486 e. The highest BCUT2D eigenvalue weighted by Gasteiger charge is 2.17. The Balaban J connectivity index is 2.01. The summed E-state index contributed by atoms with van der Waals surface area (Å²) >= 11 is 0. The molecule has 0 saturated carbocycles. The smallest absolute Gasteiger partial charge is 0.227 e. The second-order valence-corrected chi connectivity index (χ2v) is 5.20. The van der Waals surface area contributed by atoms with Gasteiger partial charge >= 0.3 is 0 Å². The quantitative estimate of drug-likeness (QED) is 0.543. The Morgan fingerprint density at radius 2 is 2.27 bits per heavy atom. The molecule has 0 bridgehead atoms. The molecule has 122 valence electrons. The Morgan fingerprint density at radius 3 is 2.95 bits per heavy atom. The van der Waals surface area contributed by atoms with Crippen LogP contribution in [0.1, 0.15) is 55.3 Å². The molecule has 22 heavy (non-hydrogen) atoms. The van der Waals surface area contributed by atoms with Crippen molar-refractivity contribution in [1.29, 1.82) is 0 Å². The number of rotatable bonds is 8. The van der Waals surface area contributed by atoms with Crippen molar-refractivity contribution in [1.82, 2.24) is 0 Å². The Hall–Kier alpha value is -1.66. The van der Waals surface area contributed by atoms with Crippen molar-refractivity contribution in [2.75, 3.05) is 13.2 Å². The maximum Gasteiger partial charge on any atom is 0.227 e. The molecule has 1 aliphatic heterocycles. The Kier molecular flexibility index (Phi) is 6.61. The Labute approximate surface area is 129 Å². The monoisotopic (exact) mass is 310 g/mol. The van der Waals surface area contributed by atoms with Gasteiger partial charge in [-0.2, -0.15) is 0 Å². The fourth-order valence-corrected chi connectivity index (χ4v) is 2.18. The van der Waals surface area contributed by atoms with Crippen molar-refractivity contribution in [2.45, 2.75) is 51.9 Å². The van der Waals surface area contributed by atoms with Gasteiger partial charge in [0.05, 0.1) is 6.61 Å². The molecule has 1 aliphatic rings. The summed E-state index contributed by atoms with van der Waals surface area (Å²) in [7, 11) is 0. The third kappa shape index (κ3) is 4.68. The summed E-state index contributed by atoms with van der Waals surface area (Å²) < 4.78 is 21.7. The summed E-state index contributed by atoms with van der Waals surface area (Å²) in [6, 6.07) is 1.30. The summed E-state index contributed by atoms with van der Waals surface area (Å²) in [6.07, 6.45) is 4.87. The van der Waals surface area contributed by atoms with Crippen molar-refractivity contribution in [3.05, 3.63) is 27.8 Å². The number of aldehydes is 1. The van der Waals surface area contributed by atoms with E-state index in [0.29, 0.717) is 25.3 Å².